The standard InChI is InChI=1S/C17H24BrNO2/c1-20-15-5-4-12(10-14(15)18)16(19)13-6-9-21-17(11-13)7-2-3-8-17/h4-5,10,13,16H,2-3,6-9,11,19H2,1H3. The number of benzene rings is 1. The van der Waals surface area contributed by atoms with Crippen molar-refractivity contribution in [3.05, 3.63) is 28.2 Å². The Morgan fingerprint density at radius 2 is 2.14 bits per heavy atom. The molecular formula is C17H24BrNO2. The SMILES string of the molecule is COc1ccc(C(N)C2CCOC3(CCCC3)C2)cc1Br. The number of nitrogens with two attached hydrogens (primary N) is 1. The van der Waals surface area contributed by atoms with Crippen molar-refractivity contribution in [3.8, 4) is 5.75 Å². The van der Waals surface area contributed by atoms with Crippen LogP contribution in [0.1, 0.15) is 50.1 Å². The van der Waals surface area contributed by atoms with Crippen molar-refractivity contribution in [3.63, 3.8) is 0 Å². The molecule has 0 aromatic heterocycles. The first kappa shape index (κ1) is 15.3. The Bertz CT molecular complexity index is 500. The van der Waals surface area contributed by atoms with E-state index >= 15 is 0 Å². The Hall–Kier alpha value is -0.580. The highest BCUT2D eigenvalue weighted by Crippen LogP contribution is 2.45. The second-order valence-corrected chi connectivity index (χ2v) is 7.27. The van der Waals surface area contributed by atoms with Crippen molar-refractivity contribution in [1.82, 2.24) is 0 Å². The molecule has 3 rings (SSSR count). The lowest BCUT2D eigenvalue weighted by atomic mass is 9.79. The van der Waals surface area contributed by atoms with E-state index in [1.165, 1.54) is 31.2 Å². The fraction of sp³-hybridized carbons (Fsp3) is 0.647. The molecule has 2 aliphatic rings. The number of hydrogen-bond acceptors (Lipinski definition) is 3. The number of ether oxygens (including phenoxy) is 2. The monoisotopic (exact) mass is 353 g/mol. The van der Waals surface area contributed by atoms with Gasteiger partial charge in [-0.25, -0.2) is 0 Å². The van der Waals surface area contributed by atoms with E-state index in [0.29, 0.717) is 5.92 Å². The maximum absolute atomic E-state index is 6.56. The van der Waals surface area contributed by atoms with Gasteiger partial charge in [-0.15, -0.1) is 0 Å². The number of halogens is 1. The Morgan fingerprint density at radius 3 is 2.81 bits per heavy atom. The van der Waals surface area contributed by atoms with Gasteiger partial charge >= 0.3 is 0 Å². The zero-order valence-electron chi connectivity index (χ0n) is 12.6. The van der Waals surface area contributed by atoms with Crippen LogP contribution in [0.4, 0.5) is 0 Å². The molecule has 2 atom stereocenters. The molecule has 2 fully saturated rings. The summed E-state index contributed by atoms with van der Waals surface area (Å²) in [5.41, 5.74) is 7.88. The van der Waals surface area contributed by atoms with Crippen molar-refractivity contribution in [2.75, 3.05) is 13.7 Å². The van der Waals surface area contributed by atoms with Crippen LogP contribution in [0.2, 0.25) is 0 Å². The maximum atomic E-state index is 6.56. The third kappa shape index (κ3) is 3.13. The Labute approximate surface area is 135 Å². The predicted octanol–water partition coefficient (Wildman–Crippen LogP) is 4.20. The molecule has 1 aromatic carbocycles. The minimum absolute atomic E-state index is 0.0774. The summed E-state index contributed by atoms with van der Waals surface area (Å²) in [5.74, 6) is 1.36. The van der Waals surface area contributed by atoms with Crippen LogP contribution in [0, 0.1) is 5.92 Å². The van der Waals surface area contributed by atoms with Crippen LogP contribution in [0.3, 0.4) is 0 Å². The van der Waals surface area contributed by atoms with Crippen LogP contribution in [-0.2, 0) is 4.74 Å². The molecule has 0 amide bonds. The van der Waals surface area contributed by atoms with Crippen LogP contribution in [0.25, 0.3) is 0 Å². The molecule has 116 valence electrons. The van der Waals surface area contributed by atoms with E-state index in [9.17, 15) is 0 Å². The molecule has 1 heterocycles. The molecule has 0 bridgehead atoms. The van der Waals surface area contributed by atoms with Crippen LogP contribution in [0.15, 0.2) is 22.7 Å². The molecule has 1 saturated carbocycles. The summed E-state index contributed by atoms with van der Waals surface area (Å²) < 4.78 is 12.4. The minimum atomic E-state index is 0.0774. The number of methoxy groups -OCH3 is 1. The molecule has 2 unspecified atom stereocenters. The van der Waals surface area contributed by atoms with E-state index in [1.807, 2.05) is 6.07 Å². The third-order valence-corrected chi connectivity index (χ3v) is 5.73. The van der Waals surface area contributed by atoms with E-state index < -0.39 is 0 Å². The summed E-state index contributed by atoms with van der Waals surface area (Å²) in [6.45, 7) is 0.857. The maximum Gasteiger partial charge on any atom is 0.133 e. The lowest BCUT2D eigenvalue weighted by Crippen LogP contribution is -2.40. The Morgan fingerprint density at radius 1 is 1.38 bits per heavy atom. The highest BCUT2D eigenvalue weighted by Gasteiger charge is 2.41. The average molecular weight is 354 g/mol. The van der Waals surface area contributed by atoms with Gasteiger partial charge in [-0.1, -0.05) is 18.9 Å². The van der Waals surface area contributed by atoms with Crippen LogP contribution in [-0.4, -0.2) is 19.3 Å². The molecule has 1 aromatic rings. The average Bonchev–Trinajstić information content (AvgIpc) is 2.94. The minimum Gasteiger partial charge on any atom is -0.496 e. The third-order valence-electron chi connectivity index (χ3n) is 5.11. The van der Waals surface area contributed by atoms with Gasteiger partial charge in [-0.3, -0.25) is 0 Å². The van der Waals surface area contributed by atoms with E-state index in [4.69, 9.17) is 15.2 Å². The highest BCUT2D eigenvalue weighted by atomic mass is 79.9. The first-order valence-corrected chi connectivity index (χ1v) is 8.66. The largest absolute Gasteiger partial charge is 0.496 e. The molecule has 0 radical (unpaired) electrons. The Balaban J connectivity index is 1.75. The number of rotatable bonds is 3. The first-order valence-electron chi connectivity index (χ1n) is 7.86. The topological polar surface area (TPSA) is 44.5 Å². The molecule has 1 spiro atoms. The van der Waals surface area contributed by atoms with Gasteiger partial charge in [-0.05, 0) is 65.2 Å². The lowest BCUT2D eigenvalue weighted by molar-refractivity contribution is -0.0963. The quantitative estimate of drug-likeness (QED) is 0.885. The van der Waals surface area contributed by atoms with Crippen molar-refractivity contribution in [2.45, 2.75) is 50.2 Å². The van der Waals surface area contributed by atoms with E-state index in [2.05, 4.69) is 28.1 Å². The summed E-state index contributed by atoms with van der Waals surface area (Å²) in [6.07, 6.45) is 7.20. The summed E-state index contributed by atoms with van der Waals surface area (Å²) in [6, 6.07) is 6.25. The molecule has 21 heavy (non-hydrogen) atoms. The van der Waals surface area contributed by atoms with E-state index in [1.54, 1.807) is 7.11 Å². The van der Waals surface area contributed by atoms with Gasteiger partial charge in [0.15, 0.2) is 0 Å². The van der Waals surface area contributed by atoms with Crippen LogP contribution < -0.4 is 10.5 Å². The van der Waals surface area contributed by atoms with Gasteiger partial charge in [0.05, 0.1) is 17.2 Å². The molecule has 3 nitrogen and oxygen atoms in total. The zero-order valence-corrected chi connectivity index (χ0v) is 14.2. The van der Waals surface area contributed by atoms with Gasteiger partial charge in [0.2, 0.25) is 0 Å². The van der Waals surface area contributed by atoms with Crippen LogP contribution in [0.5, 0.6) is 5.75 Å². The van der Waals surface area contributed by atoms with E-state index in [0.717, 1.165) is 29.7 Å². The fourth-order valence-corrected chi connectivity index (χ4v) is 4.46. The van der Waals surface area contributed by atoms with Gasteiger partial charge in [0.1, 0.15) is 5.75 Å². The van der Waals surface area contributed by atoms with Crippen LogP contribution >= 0.6 is 15.9 Å². The first-order chi connectivity index (χ1) is 10.1. The van der Waals surface area contributed by atoms with Gasteiger partial charge < -0.3 is 15.2 Å². The molecular weight excluding hydrogens is 330 g/mol. The zero-order chi connectivity index (χ0) is 14.9. The van der Waals surface area contributed by atoms with Crippen molar-refractivity contribution < 1.29 is 9.47 Å². The molecule has 1 saturated heterocycles. The molecule has 2 N–H and O–H groups in total. The predicted molar refractivity (Wildman–Crippen MR) is 87.5 cm³/mol. The van der Waals surface area contributed by atoms with E-state index in [-0.39, 0.29) is 11.6 Å². The summed E-state index contributed by atoms with van der Waals surface area (Å²) in [4.78, 5) is 0. The van der Waals surface area contributed by atoms with Crippen molar-refractivity contribution in [2.24, 2.45) is 11.7 Å². The summed E-state index contributed by atoms with van der Waals surface area (Å²) >= 11 is 3.55. The van der Waals surface area contributed by atoms with Gasteiger partial charge in [0.25, 0.3) is 0 Å². The van der Waals surface area contributed by atoms with Crippen molar-refractivity contribution in [1.29, 1.82) is 0 Å². The molecule has 1 aliphatic heterocycles. The molecule has 1 aliphatic carbocycles. The lowest BCUT2D eigenvalue weighted by Gasteiger charge is -2.40. The second-order valence-electron chi connectivity index (χ2n) is 6.41. The second kappa shape index (κ2) is 6.27. The smallest absolute Gasteiger partial charge is 0.133 e. The summed E-state index contributed by atoms with van der Waals surface area (Å²) in [7, 11) is 1.68. The highest BCUT2D eigenvalue weighted by molar-refractivity contribution is 9.10. The van der Waals surface area contributed by atoms with Crippen molar-refractivity contribution >= 4 is 15.9 Å². The summed E-state index contributed by atoms with van der Waals surface area (Å²) in [5, 5.41) is 0. The fourth-order valence-electron chi connectivity index (χ4n) is 3.90. The number of hydrogen-bond donors (Lipinski definition) is 1. The Kier molecular flexibility index (Phi) is 4.57. The van der Waals surface area contributed by atoms with Gasteiger partial charge in [-0.2, -0.15) is 0 Å². The normalized spacial score (nSPS) is 26.0. The van der Waals surface area contributed by atoms with Gasteiger partial charge in [0, 0.05) is 12.6 Å². The molecule has 4 heteroatoms.